The lowest BCUT2D eigenvalue weighted by molar-refractivity contribution is 0.601. The third kappa shape index (κ3) is 4.37. The number of benzene rings is 1. The maximum absolute atomic E-state index is 12.0. The first kappa shape index (κ1) is 15.2. The van der Waals surface area contributed by atoms with Crippen LogP contribution in [0.3, 0.4) is 0 Å². The Bertz CT molecular complexity index is 593. The van der Waals surface area contributed by atoms with Gasteiger partial charge in [0, 0.05) is 6.20 Å². The smallest absolute Gasteiger partial charge is 0.263 e. The van der Waals surface area contributed by atoms with E-state index in [1.54, 1.807) is 42.5 Å². The van der Waals surface area contributed by atoms with E-state index in [1.807, 2.05) is 20.8 Å². The standard InChI is InChI=1S/C12H12N2O2S.C2H6/c1-10-5-7-11(8-6-10)17(15,16)14-12-4-2-3-9-13-12;1-2/h2-9H,1H3,(H,13,14);1-2H3. The molecule has 0 fully saturated rings. The summed E-state index contributed by atoms with van der Waals surface area (Å²) < 4.78 is 26.3. The van der Waals surface area contributed by atoms with Crippen molar-refractivity contribution >= 4 is 15.8 Å². The van der Waals surface area contributed by atoms with Gasteiger partial charge in [0.05, 0.1) is 4.90 Å². The molecule has 2 aromatic rings. The number of nitrogens with zero attached hydrogens (tertiary/aromatic N) is 1. The van der Waals surface area contributed by atoms with E-state index >= 15 is 0 Å². The SMILES string of the molecule is CC.Cc1ccc(S(=O)(=O)Nc2ccccn2)cc1. The second kappa shape index (κ2) is 6.89. The zero-order chi connectivity index (χ0) is 14.3. The van der Waals surface area contributed by atoms with Crippen LogP contribution in [0.15, 0.2) is 53.6 Å². The molecule has 0 radical (unpaired) electrons. The van der Waals surface area contributed by atoms with Crippen LogP contribution in [-0.4, -0.2) is 13.4 Å². The summed E-state index contributed by atoms with van der Waals surface area (Å²) in [6, 6.07) is 11.7. The van der Waals surface area contributed by atoms with E-state index in [9.17, 15) is 8.42 Å². The average Bonchev–Trinajstić information content (AvgIpc) is 2.42. The van der Waals surface area contributed by atoms with Gasteiger partial charge in [-0.1, -0.05) is 37.6 Å². The number of rotatable bonds is 3. The summed E-state index contributed by atoms with van der Waals surface area (Å²) in [6.45, 7) is 5.91. The molecule has 0 aliphatic heterocycles. The summed E-state index contributed by atoms with van der Waals surface area (Å²) in [5, 5.41) is 0. The summed E-state index contributed by atoms with van der Waals surface area (Å²) in [7, 11) is -3.54. The lowest BCUT2D eigenvalue weighted by Gasteiger charge is -2.06. The molecule has 5 heteroatoms. The second-order valence-electron chi connectivity index (χ2n) is 3.63. The molecule has 0 aliphatic rings. The van der Waals surface area contributed by atoms with Gasteiger partial charge >= 0.3 is 0 Å². The van der Waals surface area contributed by atoms with Crippen molar-refractivity contribution in [3.8, 4) is 0 Å². The highest BCUT2D eigenvalue weighted by atomic mass is 32.2. The first-order valence-electron chi connectivity index (χ1n) is 6.08. The number of aryl methyl sites for hydroxylation is 1. The van der Waals surface area contributed by atoms with Gasteiger partial charge in [0.1, 0.15) is 5.82 Å². The van der Waals surface area contributed by atoms with E-state index in [1.165, 1.54) is 6.20 Å². The minimum Gasteiger partial charge on any atom is -0.263 e. The molecule has 2 rings (SSSR count). The van der Waals surface area contributed by atoms with Gasteiger partial charge < -0.3 is 0 Å². The Labute approximate surface area is 114 Å². The monoisotopic (exact) mass is 278 g/mol. The van der Waals surface area contributed by atoms with Crippen molar-refractivity contribution < 1.29 is 8.42 Å². The molecule has 1 heterocycles. The molecule has 0 saturated carbocycles. The van der Waals surface area contributed by atoms with E-state index in [4.69, 9.17) is 0 Å². The van der Waals surface area contributed by atoms with E-state index in [2.05, 4.69) is 9.71 Å². The first-order valence-corrected chi connectivity index (χ1v) is 7.57. The lowest BCUT2D eigenvalue weighted by atomic mass is 10.2. The quantitative estimate of drug-likeness (QED) is 0.937. The van der Waals surface area contributed by atoms with E-state index in [0.717, 1.165) is 5.56 Å². The van der Waals surface area contributed by atoms with Crippen molar-refractivity contribution in [3.05, 3.63) is 54.2 Å². The molecule has 0 saturated heterocycles. The van der Waals surface area contributed by atoms with Crippen LogP contribution in [0.1, 0.15) is 19.4 Å². The van der Waals surface area contributed by atoms with E-state index in [0.29, 0.717) is 5.82 Å². The Hall–Kier alpha value is -1.88. The van der Waals surface area contributed by atoms with Crippen LogP contribution in [0.4, 0.5) is 5.82 Å². The first-order chi connectivity index (χ1) is 9.08. The van der Waals surface area contributed by atoms with Gasteiger partial charge in [-0.05, 0) is 31.2 Å². The van der Waals surface area contributed by atoms with Crippen molar-refractivity contribution in [2.75, 3.05) is 4.72 Å². The fourth-order valence-corrected chi connectivity index (χ4v) is 2.35. The molecule has 0 spiro atoms. The topological polar surface area (TPSA) is 59.1 Å². The van der Waals surface area contributed by atoms with Crippen LogP contribution in [0.5, 0.6) is 0 Å². The number of hydrogen-bond acceptors (Lipinski definition) is 3. The Kier molecular flexibility index (Phi) is 5.51. The number of aromatic nitrogens is 1. The van der Waals surface area contributed by atoms with E-state index in [-0.39, 0.29) is 4.90 Å². The van der Waals surface area contributed by atoms with Gasteiger partial charge in [-0.15, -0.1) is 0 Å². The number of pyridine rings is 1. The largest absolute Gasteiger partial charge is 0.263 e. The summed E-state index contributed by atoms with van der Waals surface area (Å²) in [5.74, 6) is 0.313. The summed E-state index contributed by atoms with van der Waals surface area (Å²) in [4.78, 5) is 4.15. The third-order valence-electron chi connectivity index (χ3n) is 2.24. The molecule has 0 atom stereocenters. The molecule has 102 valence electrons. The molecule has 0 unspecified atom stereocenters. The maximum Gasteiger partial charge on any atom is 0.263 e. The third-order valence-corrected chi connectivity index (χ3v) is 3.61. The van der Waals surface area contributed by atoms with Gasteiger partial charge in [0.2, 0.25) is 0 Å². The van der Waals surface area contributed by atoms with Gasteiger partial charge in [0.25, 0.3) is 10.0 Å². The predicted octanol–water partition coefficient (Wildman–Crippen LogP) is 3.22. The maximum atomic E-state index is 12.0. The molecular weight excluding hydrogens is 260 g/mol. The van der Waals surface area contributed by atoms with Gasteiger partial charge in [-0.3, -0.25) is 4.72 Å². The van der Waals surface area contributed by atoms with Crippen LogP contribution < -0.4 is 4.72 Å². The molecule has 1 aromatic carbocycles. The van der Waals surface area contributed by atoms with Gasteiger partial charge in [-0.2, -0.15) is 0 Å². The van der Waals surface area contributed by atoms with Crippen LogP contribution in [-0.2, 0) is 10.0 Å². The average molecular weight is 278 g/mol. The Morgan fingerprint density at radius 1 is 1.00 bits per heavy atom. The highest BCUT2D eigenvalue weighted by Crippen LogP contribution is 2.14. The molecule has 1 N–H and O–H groups in total. The Morgan fingerprint density at radius 2 is 1.63 bits per heavy atom. The lowest BCUT2D eigenvalue weighted by Crippen LogP contribution is -2.13. The summed E-state index contributed by atoms with van der Waals surface area (Å²) in [5.41, 5.74) is 1.02. The Balaban J connectivity index is 0.000000861. The van der Waals surface area contributed by atoms with Gasteiger partial charge in [-0.25, -0.2) is 13.4 Å². The minimum atomic E-state index is -3.54. The van der Waals surface area contributed by atoms with Crippen LogP contribution in [0.2, 0.25) is 0 Å². The van der Waals surface area contributed by atoms with Crippen molar-refractivity contribution in [1.29, 1.82) is 0 Å². The molecular formula is C14H18N2O2S. The van der Waals surface area contributed by atoms with Crippen LogP contribution in [0.25, 0.3) is 0 Å². The molecule has 0 aliphatic carbocycles. The second-order valence-corrected chi connectivity index (χ2v) is 5.32. The normalized spacial score (nSPS) is 10.3. The number of anilines is 1. The highest BCUT2D eigenvalue weighted by Gasteiger charge is 2.13. The fourth-order valence-electron chi connectivity index (χ4n) is 1.34. The predicted molar refractivity (Wildman–Crippen MR) is 77.6 cm³/mol. The van der Waals surface area contributed by atoms with Crippen molar-refractivity contribution in [2.24, 2.45) is 0 Å². The van der Waals surface area contributed by atoms with Crippen molar-refractivity contribution in [3.63, 3.8) is 0 Å². The molecule has 0 bridgehead atoms. The zero-order valence-electron chi connectivity index (χ0n) is 11.3. The number of nitrogens with one attached hydrogen (secondary N) is 1. The van der Waals surface area contributed by atoms with Crippen molar-refractivity contribution in [2.45, 2.75) is 25.7 Å². The van der Waals surface area contributed by atoms with Crippen LogP contribution >= 0.6 is 0 Å². The molecule has 0 amide bonds. The summed E-state index contributed by atoms with van der Waals surface area (Å²) >= 11 is 0. The minimum absolute atomic E-state index is 0.230. The Morgan fingerprint density at radius 3 is 2.16 bits per heavy atom. The molecule has 1 aromatic heterocycles. The van der Waals surface area contributed by atoms with Gasteiger partial charge in [0.15, 0.2) is 0 Å². The summed E-state index contributed by atoms with van der Waals surface area (Å²) in [6.07, 6.45) is 1.53. The molecule has 4 nitrogen and oxygen atoms in total. The zero-order valence-corrected chi connectivity index (χ0v) is 12.1. The van der Waals surface area contributed by atoms with Crippen molar-refractivity contribution in [1.82, 2.24) is 4.98 Å². The number of hydrogen-bond donors (Lipinski definition) is 1. The van der Waals surface area contributed by atoms with E-state index < -0.39 is 10.0 Å². The highest BCUT2D eigenvalue weighted by molar-refractivity contribution is 7.92. The van der Waals surface area contributed by atoms with Crippen LogP contribution in [0, 0.1) is 6.92 Å². The fraction of sp³-hybridized carbons (Fsp3) is 0.214. The molecule has 19 heavy (non-hydrogen) atoms. The number of sulfonamides is 1.